The van der Waals surface area contributed by atoms with Crippen molar-refractivity contribution in [1.82, 2.24) is 9.80 Å². The topological polar surface area (TPSA) is 43.8 Å². The molecule has 0 spiro atoms. The van der Waals surface area contributed by atoms with Gasteiger partial charge >= 0.3 is 5.97 Å². The van der Waals surface area contributed by atoms with Gasteiger partial charge in [-0.1, -0.05) is 0 Å². The summed E-state index contributed by atoms with van der Waals surface area (Å²) in [6.07, 6.45) is 0. The van der Waals surface area contributed by atoms with Gasteiger partial charge in [-0.2, -0.15) is 0 Å². The van der Waals surface area contributed by atoms with Gasteiger partial charge in [-0.3, -0.25) is 4.90 Å². The minimum atomic E-state index is -1.09. The van der Waals surface area contributed by atoms with E-state index in [1.807, 2.05) is 0 Å². The molecule has 0 bridgehead atoms. The summed E-state index contributed by atoms with van der Waals surface area (Å²) in [6, 6.07) is 4.48. The van der Waals surface area contributed by atoms with Crippen molar-refractivity contribution in [1.29, 1.82) is 0 Å². The second kappa shape index (κ2) is 5.67. The highest BCUT2D eigenvalue weighted by atomic mass is 19.1. The van der Waals surface area contributed by atoms with E-state index >= 15 is 0 Å². The first-order valence-electron chi connectivity index (χ1n) is 6.41. The summed E-state index contributed by atoms with van der Waals surface area (Å²) >= 11 is 0. The van der Waals surface area contributed by atoms with Crippen LogP contribution in [0.2, 0.25) is 0 Å². The number of piperazine rings is 1. The predicted molar refractivity (Wildman–Crippen MR) is 70.7 cm³/mol. The summed E-state index contributed by atoms with van der Waals surface area (Å²) in [6.45, 7) is 5.55. The van der Waals surface area contributed by atoms with Crippen molar-refractivity contribution in [2.45, 2.75) is 19.5 Å². The van der Waals surface area contributed by atoms with Crippen LogP contribution in [0.5, 0.6) is 0 Å². The molecule has 19 heavy (non-hydrogen) atoms. The fourth-order valence-corrected chi connectivity index (χ4v) is 2.39. The molecule has 1 heterocycles. The summed E-state index contributed by atoms with van der Waals surface area (Å²) in [5.74, 6) is -1.58. The molecule has 1 aliphatic rings. The van der Waals surface area contributed by atoms with E-state index in [1.165, 1.54) is 6.07 Å². The molecule has 1 saturated heterocycles. The van der Waals surface area contributed by atoms with Gasteiger partial charge in [0.2, 0.25) is 0 Å². The Morgan fingerprint density at radius 3 is 2.79 bits per heavy atom. The molecule has 1 aromatic rings. The molecule has 5 heteroatoms. The lowest BCUT2D eigenvalue weighted by Crippen LogP contribution is -2.49. The molecule has 1 aromatic carbocycles. The van der Waals surface area contributed by atoms with E-state index in [0.29, 0.717) is 18.2 Å². The molecule has 1 atom stereocenters. The minimum absolute atomic E-state index is 0.0113. The Kier molecular flexibility index (Phi) is 4.17. The first-order valence-corrected chi connectivity index (χ1v) is 6.41. The Balaban J connectivity index is 2.09. The van der Waals surface area contributed by atoms with Gasteiger partial charge in [0.05, 0.1) is 5.56 Å². The van der Waals surface area contributed by atoms with Crippen LogP contribution in [0, 0.1) is 5.82 Å². The lowest BCUT2D eigenvalue weighted by Gasteiger charge is -2.37. The van der Waals surface area contributed by atoms with E-state index in [0.717, 1.165) is 25.7 Å². The van der Waals surface area contributed by atoms with Crippen LogP contribution in [0.15, 0.2) is 18.2 Å². The van der Waals surface area contributed by atoms with E-state index in [2.05, 4.69) is 23.8 Å². The fourth-order valence-electron chi connectivity index (χ4n) is 2.39. The van der Waals surface area contributed by atoms with Crippen molar-refractivity contribution in [2.24, 2.45) is 0 Å². The average molecular weight is 266 g/mol. The highest BCUT2D eigenvalue weighted by Gasteiger charge is 2.20. The molecule has 104 valence electrons. The van der Waals surface area contributed by atoms with Gasteiger partial charge in [0, 0.05) is 32.2 Å². The number of nitrogens with zero attached hydrogens (tertiary/aromatic N) is 2. The maximum absolute atomic E-state index is 13.4. The van der Waals surface area contributed by atoms with Gasteiger partial charge in [0.25, 0.3) is 0 Å². The van der Waals surface area contributed by atoms with Crippen LogP contribution < -0.4 is 0 Å². The molecule has 1 fully saturated rings. The molecule has 0 saturated carbocycles. The van der Waals surface area contributed by atoms with Gasteiger partial charge in [0.1, 0.15) is 5.82 Å². The third-order valence-corrected chi connectivity index (χ3v) is 3.65. The molecule has 1 N–H and O–H groups in total. The number of likely N-dealkylation sites (N-methyl/N-ethyl adjacent to an activating group) is 1. The molecule has 1 unspecified atom stereocenters. The molecule has 0 aliphatic carbocycles. The maximum atomic E-state index is 13.4. The molecule has 0 amide bonds. The van der Waals surface area contributed by atoms with Crippen LogP contribution in [0.1, 0.15) is 22.8 Å². The van der Waals surface area contributed by atoms with Crippen LogP contribution in [0.25, 0.3) is 0 Å². The number of rotatable bonds is 3. The largest absolute Gasteiger partial charge is 0.478 e. The Hall–Kier alpha value is -1.46. The van der Waals surface area contributed by atoms with Gasteiger partial charge in [0.15, 0.2) is 0 Å². The number of benzene rings is 1. The predicted octanol–water partition coefficient (Wildman–Crippen LogP) is 1.66. The van der Waals surface area contributed by atoms with E-state index in [9.17, 15) is 9.18 Å². The molecule has 0 radical (unpaired) electrons. The minimum Gasteiger partial charge on any atom is -0.478 e. The normalized spacial score (nSPS) is 21.5. The number of carboxylic acids is 1. The summed E-state index contributed by atoms with van der Waals surface area (Å²) in [5.41, 5.74) is 0.728. The van der Waals surface area contributed by atoms with Crippen LogP contribution >= 0.6 is 0 Å². The zero-order valence-corrected chi connectivity index (χ0v) is 11.3. The number of hydrogen-bond acceptors (Lipinski definition) is 3. The summed E-state index contributed by atoms with van der Waals surface area (Å²) in [7, 11) is 2.09. The second-order valence-corrected chi connectivity index (χ2v) is 5.22. The van der Waals surface area contributed by atoms with Crippen LogP contribution in [0.4, 0.5) is 4.39 Å². The Labute approximate surface area is 112 Å². The molecule has 1 aliphatic heterocycles. The van der Waals surface area contributed by atoms with Crippen molar-refractivity contribution < 1.29 is 14.3 Å². The van der Waals surface area contributed by atoms with Crippen LogP contribution in [-0.4, -0.2) is 53.6 Å². The standard InChI is InChI=1S/C14H19FN2O2/c1-10-8-17(4-3-16(10)2)9-11-5-12(14(18)19)7-13(15)6-11/h5-7,10H,3-4,8-9H2,1-2H3,(H,18,19). The number of hydrogen-bond donors (Lipinski definition) is 1. The van der Waals surface area contributed by atoms with Crippen molar-refractivity contribution in [3.05, 3.63) is 35.1 Å². The summed E-state index contributed by atoms with van der Waals surface area (Å²) in [4.78, 5) is 15.4. The third kappa shape index (κ3) is 3.52. The fraction of sp³-hybridized carbons (Fsp3) is 0.500. The average Bonchev–Trinajstić information content (AvgIpc) is 2.33. The third-order valence-electron chi connectivity index (χ3n) is 3.65. The maximum Gasteiger partial charge on any atom is 0.335 e. The number of carbonyl (C=O) groups is 1. The summed E-state index contributed by atoms with van der Waals surface area (Å²) in [5, 5.41) is 8.93. The zero-order chi connectivity index (χ0) is 14.0. The number of halogens is 1. The summed E-state index contributed by atoms with van der Waals surface area (Å²) < 4.78 is 13.4. The lowest BCUT2D eigenvalue weighted by molar-refractivity contribution is 0.0695. The van der Waals surface area contributed by atoms with Crippen molar-refractivity contribution in [3.8, 4) is 0 Å². The van der Waals surface area contributed by atoms with E-state index in [4.69, 9.17) is 5.11 Å². The van der Waals surface area contributed by atoms with Crippen molar-refractivity contribution in [2.75, 3.05) is 26.7 Å². The molecular formula is C14H19FN2O2. The number of aromatic carboxylic acids is 1. The van der Waals surface area contributed by atoms with Crippen LogP contribution in [0.3, 0.4) is 0 Å². The van der Waals surface area contributed by atoms with Gasteiger partial charge < -0.3 is 10.0 Å². The Morgan fingerprint density at radius 1 is 1.42 bits per heavy atom. The zero-order valence-electron chi connectivity index (χ0n) is 11.3. The molecular weight excluding hydrogens is 247 g/mol. The first-order chi connectivity index (χ1) is 8.95. The van der Waals surface area contributed by atoms with Crippen molar-refractivity contribution in [3.63, 3.8) is 0 Å². The Morgan fingerprint density at radius 2 is 2.16 bits per heavy atom. The first kappa shape index (κ1) is 14.0. The molecule has 0 aromatic heterocycles. The smallest absolute Gasteiger partial charge is 0.335 e. The quantitative estimate of drug-likeness (QED) is 0.903. The van der Waals surface area contributed by atoms with E-state index in [1.54, 1.807) is 6.07 Å². The van der Waals surface area contributed by atoms with Gasteiger partial charge in [-0.25, -0.2) is 9.18 Å². The van der Waals surface area contributed by atoms with E-state index < -0.39 is 11.8 Å². The highest BCUT2D eigenvalue weighted by Crippen LogP contribution is 2.15. The molecule has 4 nitrogen and oxygen atoms in total. The lowest BCUT2D eigenvalue weighted by atomic mass is 10.1. The SMILES string of the molecule is CC1CN(Cc2cc(F)cc(C(=O)O)c2)CCN1C. The van der Waals surface area contributed by atoms with Crippen LogP contribution in [-0.2, 0) is 6.54 Å². The van der Waals surface area contributed by atoms with Gasteiger partial charge in [-0.15, -0.1) is 0 Å². The van der Waals surface area contributed by atoms with E-state index in [-0.39, 0.29) is 5.56 Å². The monoisotopic (exact) mass is 266 g/mol. The number of carboxylic acid groups (broad SMARTS) is 1. The van der Waals surface area contributed by atoms with Crippen molar-refractivity contribution >= 4 is 5.97 Å². The van der Waals surface area contributed by atoms with Gasteiger partial charge in [-0.05, 0) is 37.7 Å². The highest BCUT2D eigenvalue weighted by molar-refractivity contribution is 5.87. The Bertz CT molecular complexity index is 479. The molecule has 2 rings (SSSR count). The second-order valence-electron chi connectivity index (χ2n) is 5.22.